The van der Waals surface area contributed by atoms with Crippen molar-refractivity contribution in [2.75, 3.05) is 26.3 Å². The maximum absolute atomic E-state index is 12.1. The summed E-state index contributed by atoms with van der Waals surface area (Å²) in [4.78, 5) is 17.8. The van der Waals surface area contributed by atoms with Gasteiger partial charge >= 0.3 is 5.91 Å². The Bertz CT molecular complexity index is 441. The lowest BCUT2D eigenvalue weighted by Gasteiger charge is -2.36. The van der Waals surface area contributed by atoms with Gasteiger partial charge in [0.05, 0.1) is 19.4 Å². The van der Waals surface area contributed by atoms with Gasteiger partial charge in [-0.05, 0) is 6.92 Å². The van der Waals surface area contributed by atoms with E-state index in [0.29, 0.717) is 44.9 Å². The van der Waals surface area contributed by atoms with Gasteiger partial charge in [0.25, 0.3) is 5.89 Å². The lowest BCUT2D eigenvalue weighted by molar-refractivity contribution is -0.181. The lowest BCUT2D eigenvalue weighted by atomic mass is 10.0. The van der Waals surface area contributed by atoms with Crippen LogP contribution in [0.15, 0.2) is 10.6 Å². The van der Waals surface area contributed by atoms with Crippen molar-refractivity contribution in [1.29, 1.82) is 0 Å². The van der Waals surface area contributed by atoms with E-state index in [9.17, 15) is 4.79 Å². The number of nitrogens with zero attached hydrogens (tertiary/aromatic N) is 2. The normalized spacial score (nSPS) is 22.6. The first-order valence-electron chi connectivity index (χ1n) is 6.18. The summed E-state index contributed by atoms with van der Waals surface area (Å²) in [5.74, 6) is 0.200. The van der Waals surface area contributed by atoms with E-state index in [1.807, 2.05) is 0 Å². The molecule has 0 aromatic carbocycles. The van der Waals surface area contributed by atoms with E-state index in [1.165, 1.54) is 0 Å². The van der Waals surface area contributed by atoms with Gasteiger partial charge in [-0.25, -0.2) is 4.98 Å². The van der Waals surface area contributed by atoms with Crippen LogP contribution in [0, 0.1) is 6.92 Å². The molecule has 0 atom stereocenters. The van der Waals surface area contributed by atoms with Crippen LogP contribution in [0.1, 0.15) is 29.3 Å². The van der Waals surface area contributed by atoms with Crippen LogP contribution in [0.5, 0.6) is 0 Å². The molecule has 3 heterocycles. The summed E-state index contributed by atoms with van der Waals surface area (Å²) >= 11 is 0. The minimum atomic E-state index is -0.455. The van der Waals surface area contributed by atoms with Crippen molar-refractivity contribution < 1.29 is 18.7 Å². The Hall–Kier alpha value is -1.40. The maximum atomic E-state index is 12.1. The number of hydrogen-bond donors (Lipinski definition) is 0. The molecule has 2 fully saturated rings. The molecule has 0 radical (unpaired) electrons. The van der Waals surface area contributed by atoms with E-state index in [2.05, 4.69) is 4.98 Å². The predicted molar refractivity (Wildman–Crippen MR) is 61.0 cm³/mol. The van der Waals surface area contributed by atoms with Crippen LogP contribution in [0.2, 0.25) is 0 Å². The Morgan fingerprint density at radius 1 is 1.33 bits per heavy atom. The highest BCUT2D eigenvalue weighted by molar-refractivity contribution is 5.89. The van der Waals surface area contributed by atoms with E-state index < -0.39 is 5.79 Å². The summed E-state index contributed by atoms with van der Waals surface area (Å²) in [7, 11) is 0. The van der Waals surface area contributed by atoms with Crippen LogP contribution >= 0.6 is 0 Å². The van der Waals surface area contributed by atoms with Crippen molar-refractivity contribution in [3.63, 3.8) is 0 Å². The Kier molecular flexibility index (Phi) is 2.83. The molecule has 0 unspecified atom stereocenters. The molecule has 1 aromatic rings. The number of aryl methyl sites for hydroxylation is 1. The zero-order valence-electron chi connectivity index (χ0n) is 10.3. The highest BCUT2D eigenvalue weighted by Crippen LogP contribution is 2.31. The van der Waals surface area contributed by atoms with Crippen molar-refractivity contribution in [2.45, 2.75) is 25.6 Å². The van der Waals surface area contributed by atoms with Gasteiger partial charge in [0.15, 0.2) is 5.79 Å². The zero-order chi connectivity index (χ0) is 12.6. The molecule has 1 aromatic heterocycles. The van der Waals surface area contributed by atoms with Gasteiger partial charge in [0, 0.05) is 25.9 Å². The van der Waals surface area contributed by atoms with Gasteiger partial charge < -0.3 is 18.8 Å². The number of aromatic nitrogens is 1. The molecule has 2 aliphatic rings. The Labute approximate surface area is 105 Å². The van der Waals surface area contributed by atoms with Crippen LogP contribution in [0.3, 0.4) is 0 Å². The topological polar surface area (TPSA) is 64.8 Å². The summed E-state index contributed by atoms with van der Waals surface area (Å²) in [5, 5.41) is 0. The summed E-state index contributed by atoms with van der Waals surface area (Å²) in [6.45, 7) is 4.29. The largest absolute Gasteiger partial charge is 0.438 e. The van der Waals surface area contributed by atoms with Gasteiger partial charge in [-0.3, -0.25) is 4.79 Å². The average Bonchev–Trinajstić information content (AvgIpc) is 3.00. The predicted octanol–water partition coefficient (Wildman–Crippen LogP) is 0.962. The number of carbonyl (C=O) groups excluding carboxylic acids is 1. The highest BCUT2D eigenvalue weighted by atomic mass is 16.7. The fraction of sp³-hybridized carbons (Fsp3) is 0.667. The van der Waals surface area contributed by atoms with Gasteiger partial charge in [0.1, 0.15) is 5.76 Å². The van der Waals surface area contributed by atoms with Crippen molar-refractivity contribution >= 4 is 5.91 Å². The van der Waals surface area contributed by atoms with E-state index in [-0.39, 0.29) is 11.8 Å². The van der Waals surface area contributed by atoms with Crippen LogP contribution in [0.4, 0.5) is 0 Å². The molecule has 0 N–H and O–H groups in total. The molecule has 1 spiro atoms. The van der Waals surface area contributed by atoms with Gasteiger partial charge in [-0.1, -0.05) is 0 Å². The van der Waals surface area contributed by atoms with E-state index in [0.717, 1.165) is 0 Å². The summed E-state index contributed by atoms with van der Waals surface area (Å²) < 4.78 is 16.5. The number of oxazole rings is 1. The van der Waals surface area contributed by atoms with Crippen LogP contribution < -0.4 is 0 Å². The molecule has 0 aliphatic carbocycles. The Balaban J connectivity index is 1.64. The molecule has 6 heteroatoms. The standard InChI is InChI=1S/C12H16N2O4/c1-9-8-13-10(18-9)11(15)14-4-2-12(3-5-14)16-6-7-17-12/h8H,2-7H2,1H3. The molecule has 0 bridgehead atoms. The second kappa shape index (κ2) is 4.37. The molecule has 18 heavy (non-hydrogen) atoms. The molecule has 2 saturated heterocycles. The highest BCUT2D eigenvalue weighted by Gasteiger charge is 2.41. The first-order chi connectivity index (χ1) is 8.69. The van der Waals surface area contributed by atoms with Gasteiger partial charge in [-0.15, -0.1) is 0 Å². The number of rotatable bonds is 1. The van der Waals surface area contributed by atoms with Crippen molar-refractivity contribution in [2.24, 2.45) is 0 Å². The minimum absolute atomic E-state index is 0.157. The number of likely N-dealkylation sites (tertiary alicyclic amines) is 1. The van der Waals surface area contributed by atoms with E-state index >= 15 is 0 Å². The molecule has 98 valence electrons. The summed E-state index contributed by atoms with van der Waals surface area (Å²) in [6, 6.07) is 0. The van der Waals surface area contributed by atoms with Crippen molar-refractivity contribution in [3.05, 3.63) is 17.8 Å². The lowest BCUT2D eigenvalue weighted by Crippen LogP contribution is -2.47. The maximum Gasteiger partial charge on any atom is 0.309 e. The third-order valence-electron chi connectivity index (χ3n) is 3.43. The number of carbonyl (C=O) groups is 1. The van der Waals surface area contributed by atoms with E-state index in [1.54, 1.807) is 18.0 Å². The quantitative estimate of drug-likeness (QED) is 0.745. The molecule has 6 nitrogen and oxygen atoms in total. The SMILES string of the molecule is Cc1cnc(C(=O)N2CCC3(CC2)OCCO3)o1. The van der Waals surface area contributed by atoms with E-state index in [4.69, 9.17) is 13.9 Å². The third-order valence-corrected chi connectivity index (χ3v) is 3.43. The second-order valence-electron chi connectivity index (χ2n) is 4.68. The molecule has 1 amide bonds. The van der Waals surface area contributed by atoms with Crippen LogP contribution in [-0.2, 0) is 9.47 Å². The first-order valence-corrected chi connectivity index (χ1v) is 6.18. The van der Waals surface area contributed by atoms with Crippen LogP contribution in [-0.4, -0.2) is 47.9 Å². The smallest absolute Gasteiger partial charge is 0.309 e. The third kappa shape index (κ3) is 2.02. The number of hydrogen-bond acceptors (Lipinski definition) is 5. The molecule has 2 aliphatic heterocycles. The van der Waals surface area contributed by atoms with Crippen LogP contribution in [0.25, 0.3) is 0 Å². The fourth-order valence-corrected chi connectivity index (χ4v) is 2.43. The Morgan fingerprint density at radius 3 is 2.56 bits per heavy atom. The van der Waals surface area contributed by atoms with Gasteiger partial charge in [-0.2, -0.15) is 0 Å². The fourth-order valence-electron chi connectivity index (χ4n) is 2.43. The molecule has 3 rings (SSSR count). The number of piperidine rings is 1. The minimum Gasteiger partial charge on any atom is -0.438 e. The number of amides is 1. The molecular formula is C12H16N2O4. The first kappa shape index (κ1) is 11.7. The zero-order valence-corrected chi connectivity index (χ0v) is 10.3. The molecular weight excluding hydrogens is 236 g/mol. The summed E-state index contributed by atoms with van der Waals surface area (Å²) in [6.07, 6.45) is 2.97. The Morgan fingerprint density at radius 2 is 2.00 bits per heavy atom. The van der Waals surface area contributed by atoms with Gasteiger partial charge in [0.2, 0.25) is 0 Å². The monoisotopic (exact) mass is 252 g/mol. The summed E-state index contributed by atoms with van der Waals surface area (Å²) in [5.41, 5.74) is 0. The average molecular weight is 252 g/mol. The molecule has 0 saturated carbocycles. The second-order valence-corrected chi connectivity index (χ2v) is 4.68. The van der Waals surface area contributed by atoms with Crippen molar-refractivity contribution in [3.8, 4) is 0 Å². The van der Waals surface area contributed by atoms with Crippen molar-refractivity contribution in [1.82, 2.24) is 9.88 Å². The number of ether oxygens (including phenoxy) is 2.